The average Bonchev–Trinajstić information content (AvgIpc) is 2.17. The maximum Gasteiger partial charge on any atom is 0.416 e. The van der Waals surface area contributed by atoms with Gasteiger partial charge in [-0.25, -0.2) is 0 Å². The summed E-state index contributed by atoms with van der Waals surface area (Å²) in [6, 6.07) is 5.29. The fourth-order valence-electron chi connectivity index (χ4n) is 1.49. The predicted octanol–water partition coefficient (Wildman–Crippen LogP) is 3.18. The van der Waals surface area contributed by atoms with Crippen molar-refractivity contribution in [1.29, 1.82) is 0 Å². The molecule has 0 radical (unpaired) electrons. The Hall–Kier alpha value is -1.29. The maximum absolute atomic E-state index is 12.6. The third kappa shape index (κ3) is 3.38. The molecule has 0 aromatic heterocycles. The van der Waals surface area contributed by atoms with E-state index in [0.717, 1.165) is 6.07 Å². The molecule has 0 fully saturated rings. The van der Waals surface area contributed by atoms with Crippen LogP contribution in [0.15, 0.2) is 36.4 Å². The zero-order valence-corrected chi connectivity index (χ0v) is 8.83. The van der Waals surface area contributed by atoms with E-state index in [0.29, 0.717) is 0 Å². The molecule has 0 heterocycles. The molecule has 1 unspecified atom stereocenters. The minimum atomic E-state index is -4.37. The van der Waals surface area contributed by atoms with Crippen molar-refractivity contribution in [3.8, 4) is 0 Å². The third-order valence-electron chi connectivity index (χ3n) is 2.17. The smallest absolute Gasteiger partial charge is 0.389 e. The van der Waals surface area contributed by atoms with E-state index in [9.17, 15) is 18.3 Å². The lowest BCUT2D eigenvalue weighted by molar-refractivity contribution is -0.138. The Morgan fingerprint density at radius 1 is 1.31 bits per heavy atom. The molecule has 1 aromatic carbocycles. The summed E-state index contributed by atoms with van der Waals surface area (Å²) in [5.74, 6) is 0. The molecular weight excluding hydrogens is 217 g/mol. The van der Waals surface area contributed by atoms with E-state index in [1.807, 2.05) is 0 Å². The van der Waals surface area contributed by atoms with Gasteiger partial charge < -0.3 is 5.11 Å². The van der Waals surface area contributed by atoms with Crippen LogP contribution in [-0.4, -0.2) is 11.2 Å². The number of rotatable bonds is 3. The molecule has 0 spiro atoms. The van der Waals surface area contributed by atoms with Crippen LogP contribution in [0, 0.1) is 0 Å². The summed E-state index contributed by atoms with van der Waals surface area (Å²) in [6.45, 7) is 1.71. The van der Waals surface area contributed by atoms with Crippen molar-refractivity contribution in [1.82, 2.24) is 0 Å². The fourth-order valence-corrected chi connectivity index (χ4v) is 1.49. The van der Waals surface area contributed by atoms with E-state index >= 15 is 0 Å². The van der Waals surface area contributed by atoms with Crippen LogP contribution >= 0.6 is 0 Å². The van der Waals surface area contributed by atoms with E-state index in [1.54, 1.807) is 13.0 Å². The van der Waals surface area contributed by atoms with Gasteiger partial charge in [-0.2, -0.15) is 13.2 Å². The van der Waals surface area contributed by atoms with Gasteiger partial charge in [0, 0.05) is 6.42 Å². The van der Waals surface area contributed by atoms with E-state index in [1.165, 1.54) is 24.3 Å². The Morgan fingerprint density at radius 3 is 2.50 bits per heavy atom. The minimum absolute atomic E-state index is 0.0278. The quantitative estimate of drug-likeness (QED) is 0.791. The topological polar surface area (TPSA) is 20.2 Å². The summed E-state index contributed by atoms with van der Waals surface area (Å²) in [5.41, 5.74) is -0.570. The summed E-state index contributed by atoms with van der Waals surface area (Å²) in [4.78, 5) is 0. The maximum atomic E-state index is 12.6. The molecule has 0 aliphatic heterocycles. The van der Waals surface area contributed by atoms with Gasteiger partial charge in [0.2, 0.25) is 0 Å². The Morgan fingerprint density at radius 2 is 1.94 bits per heavy atom. The third-order valence-corrected chi connectivity index (χ3v) is 2.17. The summed E-state index contributed by atoms with van der Waals surface area (Å²) in [7, 11) is 0. The van der Waals surface area contributed by atoms with Crippen molar-refractivity contribution in [2.45, 2.75) is 25.6 Å². The molecule has 0 bridgehead atoms. The number of aliphatic hydroxyl groups is 1. The van der Waals surface area contributed by atoms with E-state index in [2.05, 4.69) is 0 Å². The Labute approximate surface area is 92.2 Å². The number of halogens is 3. The first-order valence-electron chi connectivity index (χ1n) is 4.91. The molecule has 0 saturated carbocycles. The van der Waals surface area contributed by atoms with Gasteiger partial charge in [-0.3, -0.25) is 0 Å². The van der Waals surface area contributed by atoms with Gasteiger partial charge in [0.25, 0.3) is 0 Å². The highest BCUT2D eigenvalue weighted by Gasteiger charge is 2.32. The monoisotopic (exact) mass is 230 g/mol. The Kier molecular flexibility index (Phi) is 4.12. The molecule has 1 nitrogen and oxygen atoms in total. The molecule has 1 atom stereocenters. The van der Waals surface area contributed by atoms with Gasteiger partial charge in [-0.1, -0.05) is 30.4 Å². The number of allylic oxidation sites excluding steroid dienone is 1. The van der Waals surface area contributed by atoms with E-state index in [-0.39, 0.29) is 12.0 Å². The van der Waals surface area contributed by atoms with Crippen molar-refractivity contribution in [3.05, 3.63) is 47.5 Å². The first kappa shape index (κ1) is 12.8. The van der Waals surface area contributed by atoms with Crippen molar-refractivity contribution in [2.75, 3.05) is 0 Å². The number of benzene rings is 1. The van der Waals surface area contributed by atoms with Gasteiger partial charge >= 0.3 is 6.18 Å². The predicted molar refractivity (Wildman–Crippen MR) is 56.0 cm³/mol. The lowest BCUT2D eigenvalue weighted by Gasteiger charge is -2.13. The molecule has 1 aromatic rings. The lowest BCUT2D eigenvalue weighted by atomic mass is 10.0. The molecule has 1 rings (SSSR count). The highest BCUT2D eigenvalue weighted by molar-refractivity contribution is 5.30. The summed E-state index contributed by atoms with van der Waals surface area (Å²) in [5, 5.41) is 9.44. The van der Waals surface area contributed by atoms with Gasteiger partial charge in [-0.15, -0.1) is 0 Å². The molecule has 0 aliphatic rings. The van der Waals surface area contributed by atoms with Crippen LogP contribution in [0.25, 0.3) is 0 Å². The first-order chi connectivity index (χ1) is 7.45. The van der Waals surface area contributed by atoms with Crippen LogP contribution in [0.2, 0.25) is 0 Å². The van der Waals surface area contributed by atoms with Gasteiger partial charge in [0.1, 0.15) is 0 Å². The first-order valence-corrected chi connectivity index (χ1v) is 4.91. The SMILES string of the molecule is C/C=C/C(O)Cc1ccccc1C(F)(F)F. The molecular formula is C12H13F3O. The molecule has 88 valence electrons. The lowest BCUT2D eigenvalue weighted by Crippen LogP contribution is -2.14. The van der Waals surface area contributed by atoms with Crippen LogP contribution in [0.1, 0.15) is 18.1 Å². The number of alkyl halides is 3. The highest BCUT2D eigenvalue weighted by atomic mass is 19.4. The van der Waals surface area contributed by atoms with Crippen molar-refractivity contribution in [3.63, 3.8) is 0 Å². The zero-order valence-electron chi connectivity index (χ0n) is 8.83. The van der Waals surface area contributed by atoms with E-state index < -0.39 is 17.8 Å². The molecule has 0 amide bonds. The molecule has 0 saturated heterocycles. The van der Waals surface area contributed by atoms with Gasteiger partial charge in [0.15, 0.2) is 0 Å². The largest absolute Gasteiger partial charge is 0.416 e. The number of hydrogen-bond donors (Lipinski definition) is 1. The van der Waals surface area contributed by atoms with Gasteiger partial charge in [0.05, 0.1) is 11.7 Å². The summed E-state index contributed by atoms with van der Waals surface area (Å²) < 4.78 is 37.8. The van der Waals surface area contributed by atoms with Crippen molar-refractivity contribution in [2.24, 2.45) is 0 Å². The summed E-state index contributed by atoms with van der Waals surface area (Å²) in [6.07, 6.45) is -2.20. The number of hydrogen-bond acceptors (Lipinski definition) is 1. The normalized spacial score (nSPS) is 14.3. The molecule has 16 heavy (non-hydrogen) atoms. The van der Waals surface area contributed by atoms with Crippen LogP contribution in [0.3, 0.4) is 0 Å². The molecule has 0 aliphatic carbocycles. The highest BCUT2D eigenvalue weighted by Crippen LogP contribution is 2.32. The Balaban J connectivity index is 2.96. The van der Waals surface area contributed by atoms with Crippen LogP contribution < -0.4 is 0 Å². The van der Waals surface area contributed by atoms with Crippen LogP contribution in [0.4, 0.5) is 13.2 Å². The van der Waals surface area contributed by atoms with Crippen LogP contribution in [-0.2, 0) is 12.6 Å². The van der Waals surface area contributed by atoms with Crippen LogP contribution in [0.5, 0.6) is 0 Å². The zero-order chi connectivity index (χ0) is 12.2. The standard InChI is InChI=1S/C12H13F3O/c1-2-5-10(16)8-9-6-3-4-7-11(9)12(13,14)15/h2-7,10,16H,8H2,1H3/b5-2+. The number of aliphatic hydroxyl groups excluding tert-OH is 1. The fraction of sp³-hybridized carbons (Fsp3) is 0.333. The average molecular weight is 230 g/mol. The molecule has 1 N–H and O–H groups in total. The van der Waals surface area contributed by atoms with E-state index in [4.69, 9.17) is 0 Å². The van der Waals surface area contributed by atoms with Crippen molar-refractivity contribution < 1.29 is 18.3 Å². The Bertz CT molecular complexity index is 369. The second kappa shape index (κ2) is 5.16. The molecule has 4 heteroatoms. The minimum Gasteiger partial charge on any atom is -0.389 e. The second-order valence-electron chi connectivity index (χ2n) is 3.45. The van der Waals surface area contributed by atoms with Crippen molar-refractivity contribution >= 4 is 0 Å². The van der Waals surface area contributed by atoms with Gasteiger partial charge in [-0.05, 0) is 18.6 Å². The summed E-state index contributed by atoms with van der Waals surface area (Å²) >= 11 is 0. The second-order valence-corrected chi connectivity index (χ2v) is 3.45.